The summed E-state index contributed by atoms with van der Waals surface area (Å²) in [6, 6.07) is 30.5. The molecular weight excluding hydrogens is 616 g/mol. The SMILES string of the molecule is COc1ccc(COC[C@H]2OC(O)[C@H](OCc3ccc(OC)cc3)[C@@H](OCc3ccc(OC)cc3)[C@@H]2OCc2ccc(OC)cc2)cc1. The predicted octanol–water partition coefficient (Wildman–Crippen LogP) is 5.71. The summed E-state index contributed by atoms with van der Waals surface area (Å²) < 4.78 is 53.0. The molecule has 1 N–H and O–H groups in total. The summed E-state index contributed by atoms with van der Waals surface area (Å²) in [5, 5.41) is 11.4. The zero-order valence-corrected chi connectivity index (χ0v) is 27.8. The van der Waals surface area contributed by atoms with Crippen molar-refractivity contribution in [3.63, 3.8) is 0 Å². The fourth-order valence-corrected chi connectivity index (χ4v) is 5.36. The van der Waals surface area contributed by atoms with E-state index < -0.39 is 30.7 Å². The van der Waals surface area contributed by atoms with Gasteiger partial charge in [-0.3, -0.25) is 0 Å². The molecule has 0 saturated carbocycles. The first-order chi connectivity index (χ1) is 23.5. The number of benzene rings is 4. The maximum absolute atomic E-state index is 11.4. The van der Waals surface area contributed by atoms with E-state index in [-0.39, 0.29) is 26.4 Å². The number of rotatable bonds is 17. The van der Waals surface area contributed by atoms with Gasteiger partial charge in [-0.25, -0.2) is 0 Å². The normalized spacial score (nSPS) is 20.6. The Balaban J connectivity index is 1.37. The summed E-state index contributed by atoms with van der Waals surface area (Å²) in [6.07, 6.45) is -4.23. The molecule has 1 unspecified atom stereocenters. The summed E-state index contributed by atoms with van der Waals surface area (Å²) in [6.45, 7) is 1.19. The fourth-order valence-electron chi connectivity index (χ4n) is 5.36. The average molecular weight is 661 g/mol. The maximum atomic E-state index is 11.4. The summed E-state index contributed by atoms with van der Waals surface area (Å²) in [7, 11) is 6.50. The molecule has 1 aliphatic rings. The smallest absolute Gasteiger partial charge is 0.184 e. The minimum Gasteiger partial charge on any atom is -0.497 e. The van der Waals surface area contributed by atoms with Crippen LogP contribution in [0, 0.1) is 0 Å². The van der Waals surface area contributed by atoms with Gasteiger partial charge in [0.05, 0.1) is 61.5 Å². The van der Waals surface area contributed by atoms with E-state index in [0.29, 0.717) is 6.61 Å². The Bertz CT molecular complexity index is 1490. The van der Waals surface area contributed by atoms with E-state index in [9.17, 15) is 5.11 Å². The minimum atomic E-state index is -1.31. The number of ether oxygens (including phenoxy) is 9. The minimum absolute atomic E-state index is 0.143. The zero-order valence-electron chi connectivity index (χ0n) is 27.8. The highest BCUT2D eigenvalue weighted by atomic mass is 16.7. The molecule has 48 heavy (non-hydrogen) atoms. The highest BCUT2D eigenvalue weighted by molar-refractivity contribution is 5.29. The quantitative estimate of drug-likeness (QED) is 0.152. The van der Waals surface area contributed by atoms with E-state index in [0.717, 1.165) is 45.3 Å². The second-order valence-electron chi connectivity index (χ2n) is 11.3. The molecule has 4 aromatic carbocycles. The van der Waals surface area contributed by atoms with Crippen molar-refractivity contribution in [1.82, 2.24) is 0 Å². The molecule has 1 aliphatic heterocycles. The highest BCUT2D eigenvalue weighted by Gasteiger charge is 2.48. The van der Waals surface area contributed by atoms with Gasteiger partial charge in [0.2, 0.25) is 0 Å². The average Bonchev–Trinajstić information content (AvgIpc) is 3.14. The monoisotopic (exact) mass is 660 g/mol. The van der Waals surface area contributed by atoms with E-state index in [1.54, 1.807) is 28.4 Å². The van der Waals surface area contributed by atoms with Crippen LogP contribution in [-0.4, -0.2) is 70.9 Å². The van der Waals surface area contributed by atoms with Crippen LogP contribution in [0.15, 0.2) is 97.1 Å². The van der Waals surface area contributed by atoms with Crippen LogP contribution in [0.2, 0.25) is 0 Å². The highest BCUT2D eigenvalue weighted by Crippen LogP contribution is 2.31. The van der Waals surface area contributed by atoms with Gasteiger partial charge >= 0.3 is 0 Å². The first-order valence-corrected chi connectivity index (χ1v) is 15.8. The third-order valence-corrected chi connectivity index (χ3v) is 8.12. The Morgan fingerprint density at radius 3 is 1.17 bits per heavy atom. The Kier molecular flexibility index (Phi) is 13.1. The van der Waals surface area contributed by atoms with Gasteiger partial charge < -0.3 is 47.7 Å². The molecule has 0 aliphatic carbocycles. The second kappa shape index (κ2) is 17.8. The van der Waals surface area contributed by atoms with Gasteiger partial charge in [0, 0.05) is 0 Å². The molecule has 1 saturated heterocycles. The standard InChI is InChI=1S/C38H44O10/c1-40-30-13-5-26(6-14-30)21-44-25-34-35(45-22-27-7-15-31(41-2)16-8-27)36(46-23-28-9-17-32(42-3)18-10-28)37(38(39)48-34)47-24-29-11-19-33(43-4)20-12-29/h5-20,34-39H,21-25H2,1-4H3/t34-,35-,36+,37-,38?/m1/s1. The first-order valence-electron chi connectivity index (χ1n) is 15.8. The number of hydrogen-bond acceptors (Lipinski definition) is 10. The van der Waals surface area contributed by atoms with Crippen LogP contribution in [0.1, 0.15) is 22.3 Å². The van der Waals surface area contributed by atoms with Gasteiger partial charge in [-0.1, -0.05) is 48.5 Å². The van der Waals surface area contributed by atoms with Gasteiger partial charge in [-0.15, -0.1) is 0 Å². The Morgan fingerprint density at radius 2 is 0.792 bits per heavy atom. The molecule has 0 amide bonds. The van der Waals surface area contributed by atoms with Crippen molar-refractivity contribution in [3.8, 4) is 23.0 Å². The number of hydrogen-bond donors (Lipinski definition) is 1. The van der Waals surface area contributed by atoms with Crippen LogP contribution in [0.3, 0.4) is 0 Å². The van der Waals surface area contributed by atoms with Crippen molar-refractivity contribution < 1.29 is 47.7 Å². The van der Waals surface area contributed by atoms with Crippen LogP contribution in [0.25, 0.3) is 0 Å². The summed E-state index contributed by atoms with van der Waals surface area (Å²) >= 11 is 0. The van der Waals surface area contributed by atoms with Crippen molar-refractivity contribution in [2.75, 3.05) is 35.0 Å². The summed E-state index contributed by atoms with van der Waals surface area (Å²) in [4.78, 5) is 0. The molecular formula is C38H44O10. The molecule has 1 heterocycles. The van der Waals surface area contributed by atoms with E-state index in [4.69, 9.17) is 42.6 Å². The van der Waals surface area contributed by atoms with Crippen LogP contribution in [0.5, 0.6) is 23.0 Å². The molecule has 256 valence electrons. The molecule has 0 spiro atoms. The molecule has 0 aromatic heterocycles. The predicted molar refractivity (Wildman–Crippen MR) is 178 cm³/mol. The topological polar surface area (TPSA) is 103 Å². The van der Waals surface area contributed by atoms with E-state index in [1.165, 1.54) is 0 Å². The van der Waals surface area contributed by atoms with Gasteiger partial charge in [-0.2, -0.15) is 0 Å². The third kappa shape index (κ3) is 9.70. The van der Waals surface area contributed by atoms with Crippen molar-refractivity contribution in [2.24, 2.45) is 0 Å². The molecule has 5 rings (SSSR count). The van der Waals surface area contributed by atoms with Gasteiger partial charge in [0.1, 0.15) is 47.4 Å². The fraction of sp³-hybridized carbons (Fsp3) is 0.368. The lowest BCUT2D eigenvalue weighted by atomic mass is 9.98. The molecule has 0 radical (unpaired) electrons. The molecule has 5 atom stereocenters. The van der Waals surface area contributed by atoms with Crippen molar-refractivity contribution in [2.45, 2.75) is 57.1 Å². The molecule has 1 fully saturated rings. The van der Waals surface area contributed by atoms with Gasteiger partial charge in [0.25, 0.3) is 0 Å². The molecule has 10 nitrogen and oxygen atoms in total. The Hall–Kier alpha value is -4.16. The lowest BCUT2D eigenvalue weighted by molar-refractivity contribution is -0.317. The molecule has 4 aromatic rings. The van der Waals surface area contributed by atoms with Crippen molar-refractivity contribution in [1.29, 1.82) is 0 Å². The number of aliphatic hydroxyl groups is 1. The van der Waals surface area contributed by atoms with E-state index in [1.807, 2.05) is 97.1 Å². The van der Waals surface area contributed by atoms with E-state index in [2.05, 4.69) is 0 Å². The van der Waals surface area contributed by atoms with Crippen LogP contribution in [-0.2, 0) is 50.1 Å². The summed E-state index contributed by atoms with van der Waals surface area (Å²) in [5.74, 6) is 3.00. The van der Waals surface area contributed by atoms with E-state index >= 15 is 0 Å². The second-order valence-corrected chi connectivity index (χ2v) is 11.3. The molecule has 10 heteroatoms. The number of methoxy groups -OCH3 is 4. The number of aliphatic hydroxyl groups excluding tert-OH is 1. The third-order valence-electron chi connectivity index (χ3n) is 8.12. The van der Waals surface area contributed by atoms with Crippen LogP contribution >= 0.6 is 0 Å². The Morgan fingerprint density at radius 1 is 0.458 bits per heavy atom. The lowest BCUT2D eigenvalue weighted by Gasteiger charge is -2.44. The zero-order chi connectivity index (χ0) is 33.7. The largest absolute Gasteiger partial charge is 0.497 e. The first kappa shape index (κ1) is 35.2. The summed E-state index contributed by atoms with van der Waals surface area (Å²) in [5.41, 5.74) is 3.73. The Labute approximate surface area is 282 Å². The van der Waals surface area contributed by atoms with Crippen molar-refractivity contribution >= 4 is 0 Å². The van der Waals surface area contributed by atoms with Gasteiger partial charge in [0.15, 0.2) is 6.29 Å². The van der Waals surface area contributed by atoms with Crippen LogP contribution in [0.4, 0.5) is 0 Å². The maximum Gasteiger partial charge on any atom is 0.184 e. The lowest BCUT2D eigenvalue weighted by Crippen LogP contribution is -2.61. The van der Waals surface area contributed by atoms with Gasteiger partial charge in [-0.05, 0) is 70.8 Å². The van der Waals surface area contributed by atoms with Crippen LogP contribution < -0.4 is 18.9 Å². The van der Waals surface area contributed by atoms with Crippen molar-refractivity contribution in [3.05, 3.63) is 119 Å². The molecule has 0 bridgehead atoms.